The minimum absolute atomic E-state index is 0.0481. The van der Waals surface area contributed by atoms with Gasteiger partial charge in [0.1, 0.15) is 17.2 Å². The van der Waals surface area contributed by atoms with Crippen LogP contribution in [0.25, 0.3) is 0 Å². The van der Waals surface area contributed by atoms with Crippen molar-refractivity contribution < 1.29 is 32.5 Å². The number of hydrogen-bond acceptors (Lipinski definition) is 7. The molecule has 0 heterocycles. The van der Waals surface area contributed by atoms with Gasteiger partial charge in [-0.3, -0.25) is 20.2 Å². The summed E-state index contributed by atoms with van der Waals surface area (Å²) in [5.41, 5.74) is -1.32. The van der Waals surface area contributed by atoms with Gasteiger partial charge in [-0.05, 0) is 24.3 Å². The highest BCUT2D eigenvalue weighted by atomic mass is 19.4. The van der Waals surface area contributed by atoms with Crippen molar-refractivity contribution in [2.24, 2.45) is 4.99 Å². The van der Waals surface area contributed by atoms with Gasteiger partial charge in [0.25, 0.3) is 5.69 Å². The van der Waals surface area contributed by atoms with E-state index in [-0.39, 0.29) is 17.0 Å². The largest absolute Gasteiger partial charge is 0.573 e. The van der Waals surface area contributed by atoms with Crippen LogP contribution in [0.1, 0.15) is 5.56 Å². The second-order valence-corrected chi connectivity index (χ2v) is 4.90. The number of nitro groups is 2. The lowest BCUT2D eigenvalue weighted by Crippen LogP contribution is -2.17. The molecule has 27 heavy (non-hydrogen) atoms. The van der Waals surface area contributed by atoms with E-state index in [0.29, 0.717) is 0 Å². The molecule has 0 saturated heterocycles. The van der Waals surface area contributed by atoms with Crippen LogP contribution in [0.4, 0.5) is 30.2 Å². The predicted molar refractivity (Wildman–Crippen MR) is 86.7 cm³/mol. The van der Waals surface area contributed by atoms with Gasteiger partial charge in [0.2, 0.25) is 0 Å². The van der Waals surface area contributed by atoms with Crippen molar-refractivity contribution in [2.75, 3.05) is 7.11 Å². The number of halogens is 3. The molecular formula is C15H10F3N3O6. The van der Waals surface area contributed by atoms with E-state index in [1.807, 2.05) is 0 Å². The summed E-state index contributed by atoms with van der Waals surface area (Å²) in [7, 11) is 1.27. The number of aliphatic imine (C=N–C) groups is 1. The Balaban J connectivity index is 2.43. The SMILES string of the molecule is COc1ccc(OC(F)(F)F)cc1C=Nc1ccc([N+](=O)[O-])cc1[N+](=O)[O-]. The third-order valence-electron chi connectivity index (χ3n) is 3.14. The first kappa shape index (κ1) is 19.6. The Morgan fingerprint density at radius 3 is 2.33 bits per heavy atom. The summed E-state index contributed by atoms with van der Waals surface area (Å²) in [4.78, 5) is 24.0. The minimum Gasteiger partial charge on any atom is -0.496 e. The van der Waals surface area contributed by atoms with Crippen molar-refractivity contribution in [3.8, 4) is 11.5 Å². The third kappa shape index (κ3) is 5.14. The van der Waals surface area contributed by atoms with E-state index in [2.05, 4.69) is 9.73 Å². The molecule has 0 atom stereocenters. The van der Waals surface area contributed by atoms with Crippen molar-refractivity contribution in [1.82, 2.24) is 0 Å². The molecule has 2 rings (SSSR count). The van der Waals surface area contributed by atoms with Crippen LogP contribution >= 0.6 is 0 Å². The van der Waals surface area contributed by atoms with Gasteiger partial charge in [-0.15, -0.1) is 13.2 Å². The van der Waals surface area contributed by atoms with E-state index in [4.69, 9.17) is 4.74 Å². The van der Waals surface area contributed by atoms with Gasteiger partial charge in [0, 0.05) is 17.8 Å². The lowest BCUT2D eigenvalue weighted by Gasteiger charge is -2.11. The van der Waals surface area contributed by atoms with E-state index in [1.54, 1.807) is 0 Å². The zero-order chi connectivity index (χ0) is 20.2. The van der Waals surface area contributed by atoms with Crippen molar-refractivity contribution in [2.45, 2.75) is 6.36 Å². The number of hydrogen-bond donors (Lipinski definition) is 0. The molecule has 0 aliphatic rings. The van der Waals surface area contributed by atoms with E-state index in [0.717, 1.165) is 36.5 Å². The maximum atomic E-state index is 12.3. The van der Waals surface area contributed by atoms with E-state index >= 15 is 0 Å². The molecule has 0 aliphatic carbocycles. The average molecular weight is 385 g/mol. The molecule has 0 fully saturated rings. The molecule has 0 N–H and O–H groups in total. The smallest absolute Gasteiger partial charge is 0.496 e. The molecule has 0 aromatic heterocycles. The number of nitro benzene ring substituents is 2. The summed E-state index contributed by atoms with van der Waals surface area (Å²) < 4.78 is 45.8. The quantitative estimate of drug-likeness (QED) is 0.419. The van der Waals surface area contributed by atoms with E-state index in [9.17, 15) is 33.4 Å². The highest BCUT2D eigenvalue weighted by Crippen LogP contribution is 2.32. The van der Waals surface area contributed by atoms with Gasteiger partial charge in [0.15, 0.2) is 0 Å². The van der Waals surface area contributed by atoms with Crippen LogP contribution < -0.4 is 9.47 Å². The van der Waals surface area contributed by atoms with Gasteiger partial charge in [-0.2, -0.15) is 0 Å². The lowest BCUT2D eigenvalue weighted by molar-refractivity contribution is -0.393. The number of non-ortho nitro benzene ring substituents is 1. The van der Waals surface area contributed by atoms with Crippen LogP contribution in [0.2, 0.25) is 0 Å². The van der Waals surface area contributed by atoms with Crippen LogP contribution in [-0.2, 0) is 0 Å². The Kier molecular flexibility index (Phi) is 5.58. The second kappa shape index (κ2) is 7.68. The summed E-state index contributed by atoms with van der Waals surface area (Å²) in [6.45, 7) is 0. The number of alkyl halides is 3. The van der Waals surface area contributed by atoms with Crippen molar-refractivity contribution >= 4 is 23.3 Å². The molecule has 0 spiro atoms. The molecular weight excluding hydrogens is 375 g/mol. The molecule has 2 aromatic rings. The average Bonchev–Trinajstić information content (AvgIpc) is 2.58. The summed E-state index contributed by atoms with van der Waals surface area (Å²) >= 11 is 0. The number of methoxy groups -OCH3 is 1. The molecule has 0 unspecified atom stereocenters. The van der Waals surface area contributed by atoms with Gasteiger partial charge < -0.3 is 9.47 Å². The zero-order valence-electron chi connectivity index (χ0n) is 13.5. The van der Waals surface area contributed by atoms with Gasteiger partial charge in [0.05, 0.1) is 23.0 Å². The fraction of sp³-hybridized carbons (Fsp3) is 0.133. The third-order valence-corrected chi connectivity index (χ3v) is 3.14. The minimum atomic E-state index is -4.90. The number of rotatable bonds is 6. The fourth-order valence-electron chi connectivity index (χ4n) is 2.03. The molecule has 12 heteroatoms. The first-order valence-electron chi connectivity index (χ1n) is 7.01. The summed E-state index contributed by atoms with van der Waals surface area (Å²) in [5, 5.41) is 21.8. The van der Waals surface area contributed by atoms with Crippen molar-refractivity contribution in [3.05, 3.63) is 62.2 Å². The fourth-order valence-corrected chi connectivity index (χ4v) is 2.03. The predicted octanol–water partition coefficient (Wildman–Crippen LogP) is 4.16. The molecule has 0 aliphatic heterocycles. The van der Waals surface area contributed by atoms with Gasteiger partial charge in [-0.1, -0.05) is 0 Å². The summed E-state index contributed by atoms with van der Waals surface area (Å²) in [6.07, 6.45) is -3.88. The molecule has 9 nitrogen and oxygen atoms in total. The highest BCUT2D eigenvalue weighted by Gasteiger charge is 2.31. The molecule has 2 aromatic carbocycles. The van der Waals surface area contributed by atoms with Crippen LogP contribution in [0.5, 0.6) is 11.5 Å². The number of nitrogens with zero attached hydrogens (tertiary/aromatic N) is 3. The molecule has 0 bridgehead atoms. The number of benzene rings is 2. The van der Waals surface area contributed by atoms with Crippen molar-refractivity contribution in [3.63, 3.8) is 0 Å². The van der Waals surface area contributed by atoms with Crippen LogP contribution in [0.15, 0.2) is 41.4 Å². The number of ether oxygens (including phenoxy) is 2. The first-order chi connectivity index (χ1) is 12.6. The van der Waals surface area contributed by atoms with E-state index in [1.165, 1.54) is 13.2 Å². The Morgan fingerprint density at radius 1 is 1.07 bits per heavy atom. The van der Waals surface area contributed by atoms with E-state index < -0.39 is 33.3 Å². The summed E-state index contributed by atoms with van der Waals surface area (Å²) in [6, 6.07) is 6.00. The summed E-state index contributed by atoms with van der Waals surface area (Å²) in [5.74, 6) is -0.402. The normalized spacial score (nSPS) is 11.4. The molecule has 142 valence electrons. The standard InChI is InChI=1S/C15H10F3N3O6/c1-26-14-5-3-11(27-15(16,17)18)6-9(14)8-19-12-4-2-10(20(22)23)7-13(12)21(24)25/h2-8H,1H3. The van der Waals surface area contributed by atoms with Crippen LogP contribution in [0, 0.1) is 20.2 Å². The Hall–Kier alpha value is -3.70. The van der Waals surface area contributed by atoms with Crippen LogP contribution in [0.3, 0.4) is 0 Å². The van der Waals surface area contributed by atoms with Crippen LogP contribution in [-0.4, -0.2) is 29.5 Å². The molecule has 0 amide bonds. The molecule has 0 saturated carbocycles. The van der Waals surface area contributed by atoms with Gasteiger partial charge in [-0.25, -0.2) is 4.99 Å². The topological polar surface area (TPSA) is 117 Å². The maximum Gasteiger partial charge on any atom is 0.573 e. The Labute approximate surface area is 149 Å². The maximum absolute atomic E-state index is 12.3. The first-order valence-corrected chi connectivity index (χ1v) is 7.01. The Bertz CT molecular complexity index is 914. The molecule has 0 radical (unpaired) electrons. The second-order valence-electron chi connectivity index (χ2n) is 4.90. The van der Waals surface area contributed by atoms with Crippen molar-refractivity contribution in [1.29, 1.82) is 0 Å². The monoisotopic (exact) mass is 385 g/mol. The highest BCUT2D eigenvalue weighted by molar-refractivity contribution is 5.87. The van der Waals surface area contributed by atoms with Gasteiger partial charge >= 0.3 is 12.0 Å². The Morgan fingerprint density at radius 2 is 1.78 bits per heavy atom. The zero-order valence-corrected chi connectivity index (χ0v) is 13.5. The lowest BCUT2D eigenvalue weighted by atomic mass is 10.2.